The van der Waals surface area contributed by atoms with Crippen LogP contribution in [-0.2, 0) is 13.0 Å². The van der Waals surface area contributed by atoms with Crippen molar-refractivity contribution >= 4 is 5.69 Å². The van der Waals surface area contributed by atoms with E-state index in [0.717, 1.165) is 6.07 Å². The summed E-state index contributed by atoms with van der Waals surface area (Å²) in [7, 11) is 1.53. The number of nitro groups is 1. The van der Waals surface area contributed by atoms with Crippen molar-refractivity contribution in [1.29, 1.82) is 0 Å². The van der Waals surface area contributed by atoms with E-state index in [-0.39, 0.29) is 35.0 Å². The molecule has 0 atom stereocenters. The summed E-state index contributed by atoms with van der Waals surface area (Å²) in [5.41, 5.74) is 1.67. The Morgan fingerprint density at radius 1 is 1.12 bits per heavy atom. The minimum Gasteiger partial charge on any atom is -0.508 e. The Bertz CT molecular complexity index is 1370. The zero-order chi connectivity index (χ0) is 24.4. The zero-order valence-electron chi connectivity index (χ0n) is 18.4. The van der Waals surface area contributed by atoms with Crippen LogP contribution in [0, 0.1) is 15.9 Å². The minimum atomic E-state index is -0.743. The fourth-order valence-electron chi connectivity index (χ4n) is 3.76. The molecule has 174 valence electrons. The van der Waals surface area contributed by atoms with E-state index in [1.807, 2.05) is 6.92 Å². The van der Waals surface area contributed by atoms with Crippen LogP contribution in [0.15, 0.2) is 54.6 Å². The third-order valence-corrected chi connectivity index (χ3v) is 5.53. The predicted molar refractivity (Wildman–Crippen MR) is 122 cm³/mol. The van der Waals surface area contributed by atoms with Crippen LogP contribution in [0.1, 0.15) is 18.1 Å². The second-order valence-electron chi connectivity index (χ2n) is 7.52. The number of aromatic nitrogens is 3. The maximum absolute atomic E-state index is 14.6. The van der Waals surface area contributed by atoms with Crippen molar-refractivity contribution in [2.75, 3.05) is 7.11 Å². The standard InChI is InChI=1S/C24H21FN4O5/c1-3-14-11-17(22(31)12-21(14)30)23-24(15-7-9-16(34-2)10-8-15)28(27-26-23)13-18-19(25)5-4-6-20(18)29(32)33/h4-12,30-31H,3,13H2,1-2H3. The molecule has 0 aliphatic rings. The van der Waals surface area contributed by atoms with E-state index in [1.165, 1.54) is 30.0 Å². The van der Waals surface area contributed by atoms with E-state index in [2.05, 4.69) is 10.3 Å². The molecule has 0 saturated carbocycles. The van der Waals surface area contributed by atoms with Gasteiger partial charge in [-0.3, -0.25) is 10.1 Å². The third-order valence-electron chi connectivity index (χ3n) is 5.53. The summed E-state index contributed by atoms with van der Waals surface area (Å²) < 4.78 is 21.2. The Balaban J connectivity index is 1.93. The molecule has 9 nitrogen and oxygen atoms in total. The van der Waals surface area contributed by atoms with Gasteiger partial charge < -0.3 is 14.9 Å². The van der Waals surface area contributed by atoms with Crippen LogP contribution in [0.2, 0.25) is 0 Å². The van der Waals surface area contributed by atoms with Crippen LogP contribution in [-0.4, -0.2) is 37.2 Å². The monoisotopic (exact) mass is 464 g/mol. The highest BCUT2D eigenvalue weighted by Crippen LogP contribution is 2.39. The van der Waals surface area contributed by atoms with E-state index >= 15 is 0 Å². The molecule has 0 bridgehead atoms. The number of hydrogen-bond acceptors (Lipinski definition) is 7. The van der Waals surface area contributed by atoms with Gasteiger partial charge >= 0.3 is 0 Å². The molecule has 0 aliphatic carbocycles. The predicted octanol–water partition coefficient (Wildman–Crippen LogP) is 4.69. The lowest BCUT2D eigenvalue weighted by atomic mass is 10.00. The number of aryl methyl sites for hydroxylation is 1. The van der Waals surface area contributed by atoms with Gasteiger partial charge in [0, 0.05) is 23.3 Å². The van der Waals surface area contributed by atoms with Crippen molar-refractivity contribution in [3.05, 3.63) is 81.7 Å². The first-order valence-electron chi connectivity index (χ1n) is 10.4. The SMILES string of the molecule is CCc1cc(-c2nnn(Cc3c(F)cccc3[N+](=O)[O-])c2-c2ccc(OC)cc2)c(O)cc1O. The molecule has 4 rings (SSSR count). The maximum Gasteiger partial charge on any atom is 0.277 e. The summed E-state index contributed by atoms with van der Waals surface area (Å²) in [6, 6.07) is 13.4. The Morgan fingerprint density at radius 3 is 2.50 bits per heavy atom. The Hall–Kier alpha value is -4.47. The largest absolute Gasteiger partial charge is 0.508 e. The van der Waals surface area contributed by atoms with Crippen LogP contribution in [0.25, 0.3) is 22.5 Å². The number of nitro benzene ring substituents is 1. The number of phenols is 2. The summed E-state index contributed by atoms with van der Waals surface area (Å²) in [4.78, 5) is 10.8. The van der Waals surface area contributed by atoms with Gasteiger partial charge in [-0.2, -0.15) is 0 Å². The number of methoxy groups -OCH3 is 1. The van der Waals surface area contributed by atoms with Crippen LogP contribution in [0.5, 0.6) is 17.2 Å². The topological polar surface area (TPSA) is 124 Å². The molecule has 34 heavy (non-hydrogen) atoms. The molecule has 10 heteroatoms. The molecule has 1 aromatic heterocycles. The fraction of sp³-hybridized carbons (Fsp3) is 0.167. The number of nitrogens with zero attached hydrogens (tertiary/aromatic N) is 4. The van der Waals surface area contributed by atoms with Gasteiger partial charge in [-0.25, -0.2) is 9.07 Å². The first kappa shape index (κ1) is 22.7. The van der Waals surface area contributed by atoms with E-state index in [1.54, 1.807) is 30.3 Å². The number of ether oxygens (including phenoxy) is 1. The maximum atomic E-state index is 14.6. The molecule has 0 saturated heterocycles. The molecule has 0 spiro atoms. The van der Waals surface area contributed by atoms with Crippen LogP contribution >= 0.6 is 0 Å². The van der Waals surface area contributed by atoms with Gasteiger partial charge in [0.05, 0.1) is 29.8 Å². The molecular formula is C24H21FN4O5. The molecule has 0 fully saturated rings. The van der Waals surface area contributed by atoms with Crippen LogP contribution in [0.3, 0.4) is 0 Å². The lowest BCUT2D eigenvalue weighted by Crippen LogP contribution is -2.08. The minimum absolute atomic E-state index is 0.0517. The van der Waals surface area contributed by atoms with Gasteiger partial charge in [0.15, 0.2) is 0 Å². The van der Waals surface area contributed by atoms with Crippen molar-refractivity contribution in [3.8, 4) is 39.8 Å². The van der Waals surface area contributed by atoms with Crippen LogP contribution in [0.4, 0.5) is 10.1 Å². The Labute approximate surface area is 193 Å². The average Bonchev–Trinajstić information content (AvgIpc) is 3.23. The molecule has 0 aliphatic heterocycles. The first-order valence-corrected chi connectivity index (χ1v) is 10.4. The summed E-state index contributed by atoms with van der Waals surface area (Å²) in [5.74, 6) is -0.403. The summed E-state index contributed by atoms with van der Waals surface area (Å²) in [5, 5.41) is 40.5. The van der Waals surface area contributed by atoms with E-state index in [4.69, 9.17) is 4.74 Å². The Morgan fingerprint density at radius 2 is 1.85 bits per heavy atom. The summed E-state index contributed by atoms with van der Waals surface area (Å²) in [6.45, 7) is 1.59. The number of benzene rings is 3. The van der Waals surface area contributed by atoms with Gasteiger partial charge in [0.25, 0.3) is 5.69 Å². The van der Waals surface area contributed by atoms with E-state index in [0.29, 0.717) is 34.6 Å². The van der Waals surface area contributed by atoms with E-state index in [9.17, 15) is 24.7 Å². The zero-order valence-corrected chi connectivity index (χ0v) is 18.4. The second kappa shape index (κ2) is 9.18. The molecule has 0 radical (unpaired) electrons. The quantitative estimate of drug-likeness (QED) is 0.300. The molecular weight excluding hydrogens is 443 g/mol. The molecule has 4 aromatic rings. The summed E-state index contributed by atoms with van der Waals surface area (Å²) >= 11 is 0. The van der Waals surface area contributed by atoms with Gasteiger partial charge in [-0.05, 0) is 48.4 Å². The second-order valence-corrected chi connectivity index (χ2v) is 7.52. The highest BCUT2D eigenvalue weighted by atomic mass is 19.1. The smallest absolute Gasteiger partial charge is 0.277 e. The number of halogens is 1. The lowest BCUT2D eigenvalue weighted by molar-refractivity contribution is -0.385. The van der Waals surface area contributed by atoms with Gasteiger partial charge in [0.1, 0.15) is 28.8 Å². The molecule has 1 heterocycles. The van der Waals surface area contributed by atoms with Crippen LogP contribution < -0.4 is 4.74 Å². The molecule has 0 unspecified atom stereocenters. The van der Waals surface area contributed by atoms with E-state index < -0.39 is 10.7 Å². The molecule has 2 N–H and O–H groups in total. The van der Waals surface area contributed by atoms with Gasteiger partial charge in [0.2, 0.25) is 0 Å². The Kier molecular flexibility index (Phi) is 6.13. The number of hydrogen-bond donors (Lipinski definition) is 2. The van der Waals surface area contributed by atoms with Crippen molar-refractivity contribution in [3.63, 3.8) is 0 Å². The summed E-state index contributed by atoms with van der Waals surface area (Å²) in [6.07, 6.45) is 0.506. The van der Waals surface area contributed by atoms with Crippen molar-refractivity contribution in [2.24, 2.45) is 0 Å². The molecule has 3 aromatic carbocycles. The fourth-order valence-corrected chi connectivity index (χ4v) is 3.76. The van der Waals surface area contributed by atoms with Gasteiger partial charge in [-0.1, -0.05) is 18.2 Å². The van der Waals surface area contributed by atoms with Crippen molar-refractivity contribution in [2.45, 2.75) is 19.9 Å². The highest BCUT2D eigenvalue weighted by molar-refractivity contribution is 5.82. The number of aromatic hydroxyl groups is 2. The van der Waals surface area contributed by atoms with Gasteiger partial charge in [-0.15, -0.1) is 5.10 Å². The molecule has 0 amide bonds. The van der Waals surface area contributed by atoms with Crippen molar-refractivity contribution in [1.82, 2.24) is 15.0 Å². The average molecular weight is 464 g/mol. The first-order chi connectivity index (χ1) is 16.3. The highest BCUT2D eigenvalue weighted by Gasteiger charge is 2.24. The number of phenolic OH excluding ortho intramolecular Hbond substituents is 2. The normalized spacial score (nSPS) is 10.9. The lowest BCUT2D eigenvalue weighted by Gasteiger charge is -2.12. The van der Waals surface area contributed by atoms with Crippen molar-refractivity contribution < 1.29 is 24.3 Å². The number of rotatable bonds is 7. The third kappa shape index (κ3) is 4.13.